The van der Waals surface area contributed by atoms with Crippen LogP contribution in [0.3, 0.4) is 0 Å². The van der Waals surface area contributed by atoms with E-state index in [4.69, 9.17) is 0 Å². The van der Waals surface area contributed by atoms with Gasteiger partial charge in [0.15, 0.2) is 0 Å². The summed E-state index contributed by atoms with van der Waals surface area (Å²) in [6, 6.07) is 7.80. The number of alkyl halides is 1. The Kier molecular flexibility index (Phi) is 3.29. The molecule has 0 bridgehead atoms. The van der Waals surface area contributed by atoms with E-state index in [1.54, 1.807) is 6.92 Å². The summed E-state index contributed by atoms with van der Waals surface area (Å²) in [4.78, 5) is 0. The van der Waals surface area contributed by atoms with Gasteiger partial charge in [0.2, 0.25) is 0 Å². The highest BCUT2D eigenvalue weighted by molar-refractivity contribution is 5.31. The van der Waals surface area contributed by atoms with Crippen LogP contribution < -0.4 is 5.32 Å². The summed E-state index contributed by atoms with van der Waals surface area (Å²) in [5.41, 5.74) is 0.695. The smallest absolute Gasteiger partial charge is 0.137 e. The highest BCUT2D eigenvalue weighted by atomic mass is 19.1. The molecule has 88 valence electrons. The van der Waals surface area contributed by atoms with Crippen molar-refractivity contribution in [2.75, 3.05) is 13.1 Å². The molecule has 1 aromatic rings. The molecule has 0 aromatic heterocycles. The molecule has 1 fully saturated rings. The van der Waals surface area contributed by atoms with Gasteiger partial charge in [-0.3, -0.25) is 0 Å². The zero-order valence-corrected chi connectivity index (χ0v) is 10.1. The van der Waals surface area contributed by atoms with E-state index >= 15 is 0 Å². The fourth-order valence-corrected chi connectivity index (χ4v) is 2.66. The lowest BCUT2D eigenvalue weighted by molar-refractivity contribution is 0.0805. The topological polar surface area (TPSA) is 12.0 Å². The molecule has 2 heteroatoms. The van der Waals surface area contributed by atoms with Crippen molar-refractivity contribution in [3.05, 3.63) is 35.4 Å². The zero-order chi connectivity index (χ0) is 11.6. The number of halogens is 1. The Balaban J connectivity index is 2.26. The lowest BCUT2D eigenvalue weighted by Crippen LogP contribution is -2.40. The Morgan fingerprint density at radius 2 is 2.12 bits per heavy atom. The van der Waals surface area contributed by atoms with Crippen LogP contribution in [-0.2, 0) is 5.67 Å². The molecule has 1 aliphatic rings. The second-order valence-corrected chi connectivity index (χ2v) is 4.93. The van der Waals surface area contributed by atoms with Crippen molar-refractivity contribution in [2.24, 2.45) is 5.92 Å². The molecule has 0 amide bonds. The largest absolute Gasteiger partial charge is 0.316 e. The van der Waals surface area contributed by atoms with Crippen LogP contribution in [0, 0.1) is 12.8 Å². The number of hydrogen-bond acceptors (Lipinski definition) is 1. The molecule has 16 heavy (non-hydrogen) atoms. The van der Waals surface area contributed by atoms with Crippen LogP contribution in [0.5, 0.6) is 0 Å². The van der Waals surface area contributed by atoms with Gasteiger partial charge in [0.05, 0.1) is 0 Å². The summed E-state index contributed by atoms with van der Waals surface area (Å²) >= 11 is 0. The predicted molar refractivity (Wildman–Crippen MR) is 65.2 cm³/mol. The molecule has 1 aromatic carbocycles. The minimum absolute atomic E-state index is 0.0994. The van der Waals surface area contributed by atoms with Gasteiger partial charge in [0.25, 0.3) is 0 Å². The zero-order valence-electron chi connectivity index (χ0n) is 10.1. The third kappa shape index (κ3) is 2.12. The predicted octanol–water partition coefficient (Wildman–Crippen LogP) is 3.18. The van der Waals surface area contributed by atoms with Crippen LogP contribution in [0.15, 0.2) is 24.3 Å². The summed E-state index contributed by atoms with van der Waals surface area (Å²) < 4.78 is 14.9. The first-order valence-electron chi connectivity index (χ1n) is 6.08. The Morgan fingerprint density at radius 3 is 2.75 bits per heavy atom. The van der Waals surface area contributed by atoms with Crippen LogP contribution in [-0.4, -0.2) is 13.1 Å². The van der Waals surface area contributed by atoms with Gasteiger partial charge in [-0.25, -0.2) is 4.39 Å². The van der Waals surface area contributed by atoms with Crippen molar-refractivity contribution in [1.82, 2.24) is 5.32 Å². The first kappa shape index (κ1) is 11.6. The summed E-state index contributed by atoms with van der Waals surface area (Å²) in [7, 11) is 0. The van der Waals surface area contributed by atoms with E-state index in [9.17, 15) is 4.39 Å². The molecular weight excluding hydrogens is 201 g/mol. The highest BCUT2D eigenvalue weighted by Crippen LogP contribution is 2.38. The fraction of sp³-hybridized carbons (Fsp3) is 0.571. The molecule has 2 atom stereocenters. The van der Waals surface area contributed by atoms with Gasteiger partial charge in [-0.1, -0.05) is 24.3 Å². The molecule has 1 aliphatic heterocycles. The number of nitrogens with one attached hydrogen (secondary N) is 1. The maximum absolute atomic E-state index is 14.9. The van der Waals surface area contributed by atoms with Gasteiger partial charge in [0, 0.05) is 12.5 Å². The molecule has 2 unspecified atom stereocenters. The molecule has 0 aliphatic carbocycles. The van der Waals surface area contributed by atoms with E-state index in [0.29, 0.717) is 0 Å². The van der Waals surface area contributed by atoms with Crippen LogP contribution >= 0.6 is 0 Å². The minimum atomic E-state index is -1.21. The first-order chi connectivity index (χ1) is 7.62. The summed E-state index contributed by atoms with van der Waals surface area (Å²) in [5, 5.41) is 3.29. The average molecular weight is 221 g/mol. The normalized spacial score (nSPS) is 25.1. The van der Waals surface area contributed by atoms with E-state index in [1.165, 1.54) is 0 Å². The molecule has 1 heterocycles. The Morgan fingerprint density at radius 1 is 1.38 bits per heavy atom. The molecule has 0 saturated carbocycles. The molecule has 1 saturated heterocycles. The van der Waals surface area contributed by atoms with Crippen LogP contribution in [0.1, 0.15) is 30.9 Å². The second-order valence-electron chi connectivity index (χ2n) is 4.93. The van der Waals surface area contributed by atoms with Gasteiger partial charge in [-0.2, -0.15) is 0 Å². The second kappa shape index (κ2) is 4.54. The van der Waals surface area contributed by atoms with E-state index < -0.39 is 5.67 Å². The van der Waals surface area contributed by atoms with Crippen molar-refractivity contribution in [1.29, 1.82) is 0 Å². The highest BCUT2D eigenvalue weighted by Gasteiger charge is 2.37. The van der Waals surface area contributed by atoms with E-state index in [1.807, 2.05) is 31.2 Å². The SMILES string of the molecule is Cc1ccccc1C(C)(F)C1CCCNC1. The van der Waals surface area contributed by atoms with Crippen molar-refractivity contribution in [3.8, 4) is 0 Å². The quantitative estimate of drug-likeness (QED) is 0.808. The van der Waals surface area contributed by atoms with Crippen molar-refractivity contribution < 1.29 is 4.39 Å². The van der Waals surface area contributed by atoms with Gasteiger partial charge in [0.1, 0.15) is 5.67 Å². The van der Waals surface area contributed by atoms with Crippen molar-refractivity contribution in [2.45, 2.75) is 32.4 Å². The van der Waals surface area contributed by atoms with Gasteiger partial charge in [-0.05, 0) is 44.4 Å². The third-order valence-corrected chi connectivity index (χ3v) is 3.74. The Hall–Kier alpha value is -0.890. The maximum Gasteiger partial charge on any atom is 0.137 e. The minimum Gasteiger partial charge on any atom is -0.316 e. The van der Waals surface area contributed by atoms with E-state index in [-0.39, 0.29) is 5.92 Å². The fourth-order valence-electron chi connectivity index (χ4n) is 2.66. The van der Waals surface area contributed by atoms with E-state index in [0.717, 1.165) is 37.1 Å². The molecular formula is C14H20FN. The van der Waals surface area contributed by atoms with Crippen molar-refractivity contribution >= 4 is 0 Å². The van der Waals surface area contributed by atoms with Gasteiger partial charge >= 0.3 is 0 Å². The summed E-state index contributed by atoms with van der Waals surface area (Å²) in [5.74, 6) is 0.0994. The van der Waals surface area contributed by atoms with Gasteiger partial charge < -0.3 is 5.32 Å². The maximum atomic E-state index is 14.9. The summed E-state index contributed by atoms with van der Waals surface area (Å²) in [6.45, 7) is 5.54. The number of aryl methyl sites for hydroxylation is 1. The third-order valence-electron chi connectivity index (χ3n) is 3.74. The van der Waals surface area contributed by atoms with Crippen LogP contribution in [0.4, 0.5) is 4.39 Å². The molecule has 2 rings (SSSR count). The molecule has 1 N–H and O–H groups in total. The van der Waals surface area contributed by atoms with Crippen molar-refractivity contribution in [3.63, 3.8) is 0 Å². The lowest BCUT2D eigenvalue weighted by Gasteiger charge is -2.35. The lowest BCUT2D eigenvalue weighted by atomic mass is 9.79. The summed E-state index contributed by atoms with van der Waals surface area (Å²) in [6.07, 6.45) is 2.06. The average Bonchev–Trinajstić information content (AvgIpc) is 2.30. The number of hydrogen-bond donors (Lipinski definition) is 1. The van der Waals surface area contributed by atoms with E-state index in [2.05, 4.69) is 5.32 Å². The Labute approximate surface area is 97.1 Å². The van der Waals surface area contributed by atoms with Gasteiger partial charge in [-0.15, -0.1) is 0 Å². The van der Waals surface area contributed by atoms with Crippen LogP contribution in [0.2, 0.25) is 0 Å². The molecule has 1 nitrogen and oxygen atoms in total. The number of benzene rings is 1. The number of piperidine rings is 1. The number of rotatable bonds is 2. The standard InChI is InChI=1S/C14H20FN/c1-11-6-3-4-8-13(11)14(2,15)12-7-5-9-16-10-12/h3-4,6,8,12,16H,5,7,9-10H2,1-2H3. The molecule has 0 radical (unpaired) electrons. The molecule has 0 spiro atoms. The Bertz CT molecular complexity index is 354. The van der Waals surface area contributed by atoms with Crippen LogP contribution in [0.25, 0.3) is 0 Å². The first-order valence-corrected chi connectivity index (χ1v) is 6.08. The monoisotopic (exact) mass is 221 g/mol.